The van der Waals surface area contributed by atoms with Gasteiger partial charge in [-0.3, -0.25) is 9.59 Å². The first kappa shape index (κ1) is 13.6. The summed E-state index contributed by atoms with van der Waals surface area (Å²) in [7, 11) is 0. The van der Waals surface area contributed by atoms with Crippen LogP contribution in [0.2, 0.25) is 0 Å². The summed E-state index contributed by atoms with van der Waals surface area (Å²) in [5.74, 6) is 0.681. The molecular weight excluding hydrogens is 244 g/mol. The highest BCUT2D eigenvalue weighted by molar-refractivity contribution is 6.00. The van der Waals surface area contributed by atoms with Gasteiger partial charge in [-0.1, -0.05) is 6.07 Å². The average molecular weight is 262 g/mol. The van der Waals surface area contributed by atoms with Crippen molar-refractivity contribution in [1.82, 2.24) is 0 Å². The van der Waals surface area contributed by atoms with Gasteiger partial charge in [-0.25, -0.2) is 0 Å². The van der Waals surface area contributed by atoms with E-state index in [1.54, 1.807) is 13.0 Å². The monoisotopic (exact) mass is 262 g/mol. The Kier molecular flexibility index (Phi) is 4.55. The predicted octanol–water partition coefficient (Wildman–Crippen LogP) is 2.54. The molecule has 0 spiro atoms. The maximum atomic E-state index is 11.6. The van der Waals surface area contributed by atoms with Crippen molar-refractivity contribution in [3.63, 3.8) is 0 Å². The molecule has 0 bridgehead atoms. The van der Waals surface area contributed by atoms with Crippen LogP contribution in [0, 0.1) is 0 Å². The molecule has 0 radical (unpaired) electrons. The Morgan fingerprint density at radius 1 is 1.32 bits per heavy atom. The van der Waals surface area contributed by atoms with E-state index in [-0.39, 0.29) is 11.8 Å². The number of ether oxygens (including phenoxy) is 2. The number of carbonyl (C=O) groups excluding carboxylic acids is 2. The van der Waals surface area contributed by atoms with Gasteiger partial charge in [-0.2, -0.15) is 0 Å². The fourth-order valence-corrected chi connectivity index (χ4v) is 2.15. The maximum Gasteiger partial charge on any atom is 0.305 e. The molecule has 1 aromatic rings. The Morgan fingerprint density at radius 3 is 2.95 bits per heavy atom. The van der Waals surface area contributed by atoms with Gasteiger partial charge in [-0.15, -0.1) is 0 Å². The second kappa shape index (κ2) is 6.36. The normalized spacial score (nSPS) is 13.2. The SMILES string of the molecule is CCOC(=O)CCCOc1ccc2c(c1)C(=O)CC2. The number of hydrogen-bond acceptors (Lipinski definition) is 4. The van der Waals surface area contributed by atoms with Crippen molar-refractivity contribution in [1.29, 1.82) is 0 Å². The molecule has 4 nitrogen and oxygen atoms in total. The van der Waals surface area contributed by atoms with Crippen LogP contribution in [0.1, 0.15) is 42.1 Å². The minimum absolute atomic E-state index is 0.187. The lowest BCUT2D eigenvalue weighted by molar-refractivity contribution is -0.143. The molecule has 0 aromatic heterocycles. The van der Waals surface area contributed by atoms with E-state index < -0.39 is 0 Å². The van der Waals surface area contributed by atoms with Crippen LogP contribution in [0.25, 0.3) is 0 Å². The Balaban J connectivity index is 1.79. The van der Waals surface area contributed by atoms with Gasteiger partial charge in [0, 0.05) is 18.4 Å². The van der Waals surface area contributed by atoms with E-state index >= 15 is 0 Å². The summed E-state index contributed by atoms with van der Waals surface area (Å²) in [6.07, 6.45) is 2.40. The van der Waals surface area contributed by atoms with E-state index in [1.807, 2.05) is 12.1 Å². The van der Waals surface area contributed by atoms with Crippen LogP contribution >= 0.6 is 0 Å². The van der Waals surface area contributed by atoms with Crippen LogP contribution in [0.4, 0.5) is 0 Å². The Bertz CT molecular complexity index is 479. The number of carbonyl (C=O) groups is 2. The summed E-state index contributed by atoms with van der Waals surface area (Å²) >= 11 is 0. The highest BCUT2D eigenvalue weighted by Gasteiger charge is 2.19. The summed E-state index contributed by atoms with van der Waals surface area (Å²) in [6, 6.07) is 5.62. The van der Waals surface area contributed by atoms with E-state index in [4.69, 9.17) is 9.47 Å². The molecule has 0 aliphatic heterocycles. The van der Waals surface area contributed by atoms with Crippen molar-refractivity contribution in [2.45, 2.75) is 32.6 Å². The lowest BCUT2D eigenvalue weighted by Gasteiger charge is -2.07. The van der Waals surface area contributed by atoms with E-state index in [9.17, 15) is 9.59 Å². The molecule has 0 saturated heterocycles. The standard InChI is InChI=1S/C15H18O4/c1-2-18-15(17)4-3-9-19-12-7-5-11-6-8-14(16)13(11)10-12/h5,7,10H,2-4,6,8-9H2,1H3. The van der Waals surface area contributed by atoms with E-state index in [1.165, 1.54) is 0 Å². The Morgan fingerprint density at radius 2 is 2.16 bits per heavy atom. The Hall–Kier alpha value is -1.84. The van der Waals surface area contributed by atoms with Crippen LogP contribution < -0.4 is 4.74 Å². The lowest BCUT2D eigenvalue weighted by atomic mass is 10.1. The maximum absolute atomic E-state index is 11.6. The molecule has 0 atom stereocenters. The quantitative estimate of drug-likeness (QED) is 0.584. The topological polar surface area (TPSA) is 52.6 Å². The molecule has 2 rings (SSSR count). The zero-order valence-corrected chi connectivity index (χ0v) is 11.1. The number of esters is 1. The van der Waals surface area contributed by atoms with Gasteiger partial charge in [0.25, 0.3) is 0 Å². The molecule has 0 fully saturated rings. The van der Waals surface area contributed by atoms with Crippen LogP contribution in [0.5, 0.6) is 5.75 Å². The number of fused-ring (bicyclic) bond motifs is 1. The molecule has 19 heavy (non-hydrogen) atoms. The predicted molar refractivity (Wildman–Crippen MR) is 70.5 cm³/mol. The van der Waals surface area contributed by atoms with Crippen molar-refractivity contribution in [3.05, 3.63) is 29.3 Å². The van der Waals surface area contributed by atoms with Crippen LogP contribution in [-0.4, -0.2) is 25.0 Å². The molecule has 1 aromatic carbocycles. The van der Waals surface area contributed by atoms with Gasteiger partial charge in [0.2, 0.25) is 0 Å². The third-order valence-electron chi connectivity index (χ3n) is 3.10. The zero-order chi connectivity index (χ0) is 13.7. The van der Waals surface area contributed by atoms with Crippen molar-refractivity contribution in [2.24, 2.45) is 0 Å². The molecular formula is C15H18O4. The molecule has 0 amide bonds. The largest absolute Gasteiger partial charge is 0.494 e. The van der Waals surface area contributed by atoms with Gasteiger partial charge >= 0.3 is 5.97 Å². The van der Waals surface area contributed by atoms with Crippen LogP contribution in [0.15, 0.2) is 18.2 Å². The summed E-state index contributed by atoms with van der Waals surface area (Å²) in [5, 5.41) is 0. The fourth-order valence-electron chi connectivity index (χ4n) is 2.15. The first-order valence-corrected chi connectivity index (χ1v) is 6.65. The second-order valence-electron chi connectivity index (χ2n) is 4.50. The molecule has 0 heterocycles. The van der Waals surface area contributed by atoms with Gasteiger partial charge in [0.1, 0.15) is 5.75 Å². The van der Waals surface area contributed by atoms with Gasteiger partial charge in [0.15, 0.2) is 5.78 Å². The Labute approximate surface area is 112 Å². The van der Waals surface area contributed by atoms with Crippen molar-refractivity contribution < 1.29 is 19.1 Å². The number of Topliss-reactive ketones (excluding diaryl/α,β-unsaturated/α-hetero) is 1. The van der Waals surface area contributed by atoms with Gasteiger partial charge in [-0.05, 0) is 37.5 Å². The molecule has 0 unspecified atom stereocenters. The molecule has 0 N–H and O–H groups in total. The summed E-state index contributed by atoms with van der Waals surface area (Å²) in [4.78, 5) is 22.7. The number of aryl methyl sites for hydroxylation is 1. The number of rotatable bonds is 6. The molecule has 1 aliphatic carbocycles. The lowest BCUT2D eigenvalue weighted by Crippen LogP contribution is -2.07. The smallest absolute Gasteiger partial charge is 0.305 e. The molecule has 0 saturated carbocycles. The summed E-state index contributed by atoms with van der Waals surface area (Å²) < 4.78 is 10.4. The third-order valence-corrected chi connectivity index (χ3v) is 3.10. The molecule has 1 aliphatic rings. The average Bonchev–Trinajstić information content (AvgIpc) is 2.77. The summed E-state index contributed by atoms with van der Waals surface area (Å²) in [5.41, 5.74) is 1.88. The van der Waals surface area contributed by atoms with Crippen LogP contribution in [0.3, 0.4) is 0 Å². The van der Waals surface area contributed by atoms with E-state index in [0.29, 0.717) is 38.2 Å². The van der Waals surface area contributed by atoms with Crippen molar-refractivity contribution in [3.8, 4) is 5.75 Å². The molecule has 4 heteroatoms. The number of ketones is 1. The van der Waals surface area contributed by atoms with Crippen molar-refractivity contribution >= 4 is 11.8 Å². The zero-order valence-electron chi connectivity index (χ0n) is 11.1. The molecule has 102 valence electrons. The highest BCUT2D eigenvalue weighted by Crippen LogP contribution is 2.26. The highest BCUT2D eigenvalue weighted by atomic mass is 16.5. The minimum atomic E-state index is -0.199. The number of benzene rings is 1. The third kappa shape index (κ3) is 3.56. The second-order valence-corrected chi connectivity index (χ2v) is 4.50. The van der Waals surface area contributed by atoms with E-state index in [0.717, 1.165) is 17.5 Å². The first-order chi connectivity index (χ1) is 9.20. The van der Waals surface area contributed by atoms with E-state index in [2.05, 4.69) is 0 Å². The van der Waals surface area contributed by atoms with Gasteiger partial charge < -0.3 is 9.47 Å². The summed E-state index contributed by atoms with van der Waals surface area (Å²) in [6.45, 7) is 2.65. The first-order valence-electron chi connectivity index (χ1n) is 6.65. The van der Waals surface area contributed by atoms with Gasteiger partial charge in [0.05, 0.1) is 13.2 Å². The minimum Gasteiger partial charge on any atom is -0.494 e. The number of hydrogen-bond donors (Lipinski definition) is 0. The fraction of sp³-hybridized carbons (Fsp3) is 0.467. The van der Waals surface area contributed by atoms with Crippen LogP contribution in [-0.2, 0) is 16.0 Å². The van der Waals surface area contributed by atoms with Crippen molar-refractivity contribution in [2.75, 3.05) is 13.2 Å².